The van der Waals surface area contributed by atoms with E-state index in [1.807, 2.05) is 0 Å². The van der Waals surface area contributed by atoms with Crippen molar-refractivity contribution in [3.05, 3.63) is 20.8 Å². The van der Waals surface area contributed by atoms with Gasteiger partial charge in [0, 0.05) is 17.3 Å². The predicted molar refractivity (Wildman–Crippen MR) is 81.1 cm³/mol. The summed E-state index contributed by atoms with van der Waals surface area (Å²) in [6.07, 6.45) is 3.46. The largest absolute Gasteiger partial charge is 0.366 e. The Morgan fingerprint density at radius 3 is 3.00 bits per heavy atom. The van der Waals surface area contributed by atoms with Gasteiger partial charge in [-0.25, -0.2) is 0 Å². The number of fused-ring (bicyclic) bond motifs is 2. The van der Waals surface area contributed by atoms with Crippen LogP contribution in [0, 0.1) is 5.92 Å². The molecule has 1 aromatic rings. The van der Waals surface area contributed by atoms with Crippen molar-refractivity contribution >= 4 is 22.9 Å². The minimum atomic E-state index is -0.100. The topological polar surface area (TPSA) is 21.3 Å². The lowest BCUT2D eigenvalue weighted by molar-refractivity contribution is -0.145. The third-order valence-electron chi connectivity index (χ3n) is 4.43. The Bertz CT molecular complexity index is 473. The second kappa shape index (κ2) is 5.03. The highest BCUT2D eigenvalue weighted by Crippen LogP contribution is 2.48. The molecule has 0 saturated carbocycles. The zero-order valence-electron chi connectivity index (χ0n) is 11.8. The van der Waals surface area contributed by atoms with E-state index in [4.69, 9.17) is 16.3 Å². The molecule has 0 aromatic carbocycles. The van der Waals surface area contributed by atoms with Crippen LogP contribution in [0.25, 0.3) is 0 Å². The second-order valence-corrected chi connectivity index (χ2v) is 8.06. The van der Waals surface area contributed by atoms with Gasteiger partial charge < -0.3 is 10.1 Å². The van der Waals surface area contributed by atoms with E-state index in [-0.39, 0.29) is 5.60 Å². The molecule has 4 heteroatoms. The van der Waals surface area contributed by atoms with Gasteiger partial charge in [0.15, 0.2) is 0 Å². The Labute approximate surface area is 124 Å². The summed E-state index contributed by atoms with van der Waals surface area (Å²) in [5, 5.41) is 3.53. The Morgan fingerprint density at radius 2 is 2.32 bits per heavy atom. The van der Waals surface area contributed by atoms with Crippen molar-refractivity contribution in [2.75, 3.05) is 6.54 Å². The van der Waals surface area contributed by atoms with E-state index in [1.165, 1.54) is 10.4 Å². The van der Waals surface area contributed by atoms with Crippen molar-refractivity contribution in [1.29, 1.82) is 0 Å². The van der Waals surface area contributed by atoms with Crippen molar-refractivity contribution in [3.8, 4) is 0 Å². The first-order valence-corrected chi connectivity index (χ1v) is 8.39. The molecule has 0 radical (unpaired) electrons. The van der Waals surface area contributed by atoms with Crippen LogP contribution in [-0.2, 0) is 16.8 Å². The van der Waals surface area contributed by atoms with Gasteiger partial charge in [-0.1, -0.05) is 25.4 Å². The minimum absolute atomic E-state index is 0.100. The number of piperidine rings is 1. The zero-order chi connectivity index (χ0) is 13.6. The molecule has 3 heterocycles. The molecule has 2 aliphatic rings. The number of hydrogen-bond donors (Lipinski definition) is 1. The van der Waals surface area contributed by atoms with Crippen LogP contribution in [0.15, 0.2) is 6.07 Å². The van der Waals surface area contributed by atoms with Crippen molar-refractivity contribution in [2.24, 2.45) is 5.92 Å². The first-order chi connectivity index (χ1) is 9.00. The quantitative estimate of drug-likeness (QED) is 0.847. The molecule has 19 heavy (non-hydrogen) atoms. The van der Waals surface area contributed by atoms with Crippen LogP contribution in [0.1, 0.15) is 44.1 Å². The Morgan fingerprint density at radius 1 is 1.53 bits per heavy atom. The van der Waals surface area contributed by atoms with E-state index in [9.17, 15) is 0 Å². The molecule has 1 aromatic heterocycles. The van der Waals surface area contributed by atoms with Gasteiger partial charge in [0.2, 0.25) is 0 Å². The summed E-state index contributed by atoms with van der Waals surface area (Å²) < 4.78 is 7.50. The molecule has 2 aliphatic heterocycles. The lowest BCUT2D eigenvalue weighted by atomic mass is 9.78. The Hall–Kier alpha value is -0.0900. The SMILES string of the molecule is CC(C)C1Cc2sc(Cl)cc2C2(CCN[C@@H](C)C2)O1. The number of ether oxygens (including phenoxy) is 1. The highest BCUT2D eigenvalue weighted by molar-refractivity contribution is 7.16. The van der Waals surface area contributed by atoms with Crippen LogP contribution < -0.4 is 5.32 Å². The average molecular weight is 300 g/mol. The van der Waals surface area contributed by atoms with Gasteiger partial charge in [-0.2, -0.15) is 0 Å². The lowest BCUT2D eigenvalue weighted by Gasteiger charge is -2.47. The van der Waals surface area contributed by atoms with Gasteiger partial charge in [0.25, 0.3) is 0 Å². The van der Waals surface area contributed by atoms with Crippen molar-refractivity contribution in [3.63, 3.8) is 0 Å². The van der Waals surface area contributed by atoms with Crippen molar-refractivity contribution in [2.45, 2.75) is 57.8 Å². The first kappa shape index (κ1) is 13.9. The molecular formula is C15H22ClNOS. The number of halogens is 1. The molecule has 1 spiro atoms. The summed E-state index contributed by atoms with van der Waals surface area (Å²) >= 11 is 8.01. The maximum absolute atomic E-state index is 6.59. The third kappa shape index (κ3) is 2.46. The molecule has 1 fully saturated rings. The second-order valence-electron chi connectivity index (χ2n) is 6.30. The molecule has 0 aliphatic carbocycles. The molecule has 0 bridgehead atoms. The van der Waals surface area contributed by atoms with Gasteiger partial charge in [-0.15, -0.1) is 11.3 Å². The maximum Gasteiger partial charge on any atom is 0.0973 e. The van der Waals surface area contributed by atoms with E-state index in [2.05, 4.69) is 32.2 Å². The van der Waals surface area contributed by atoms with E-state index < -0.39 is 0 Å². The summed E-state index contributed by atoms with van der Waals surface area (Å²) in [5.41, 5.74) is 1.27. The summed E-state index contributed by atoms with van der Waals surface area (Å²) in [7, 11) is 0. The predicted octanol–water partition coefficient (Wildman–Crippen LogP) is 3.97. The van der Waals surface area contributed by atoms with Gasteiger partial charge >= 0.3 is 0 Å². The van der Waals surface area contributed by atoms with Gasteiger partial charge in [0.1, 0.15) is 0 Å². The van der Waals surface area contributed by atoms with Crippen LogP contribution in [0.4, 0.5) is 0 Å². The molecule has 1 saturated heterocycles. The van der Waals surface area contributed by atoms with Crippen molar-refractivity contribution < 1.29 is 4.74 Å². The van der Waals surface area contributed by atoms with Crippen LogP contribution in [0.5, 0.6) is 0 Å². The molecule has 106 valence electrons. The number of hydrogen-bond acceptors (Lipinski definition) is 3. The maximum atomic E-state index is 6.59. The molecule has 3 atom stereocenters. The fourth-order valence-electron chi connectivity index (χ4n) is 3.42. The summed E-state index contributed by atoms with van der Waals surface area (Å²) in [4.78, 5) is 1.45. The van der Waals surface area contributed by atoms with Gasteiger partial charge in [-0.3, -0.25) is 0 Å². The first-order valence-electron chi connectivity index (χ1n) is 7.20. The van der Waals surface area contributed by atoms with Crippen LogP contribution in [0.3, 0.4) is 0 Å². The fraction of sp³-hybridized carbons (Fsp3) is 0.733. The highest BCUT2D eigenvalue weighted by Gasteiger charge is 2.45. The van der Waals surface area contributed by atoms with E-state index in [0.717, 1.165) is 30.1 Å². The monoisotopic (exact) mass is 299 g/mol. The van der Waals surface area contributed by atoms with Gasteiger partial charge in [0.05, 0.1) is 16.0 Å². The molecule has 2 nitrogen and oxygen atoms in total. The summed E-state index contributed by atoms with van der Waals surface area (Å²) in [6, 6.07) is 2.65. The Kier molecular flexibility index (Phi) is 3.67. The summed E-state index contributed by atoms with van der Waals surface area (Å²) in [5.74, 6) is 0.552. The highest BCUT2D eigenvalue weighted by atomic mass is 35.5. The molecule has 3 rings (SSSR count). The van der Waals surface area contributed by atoms with E-state index in [0.29, 0.717) is 18.1 Å². The Balaban J connectivity index is 2.01. The zero-order valence-corrected chi connectivity index (χ0v) is 13.4. The normalized spacial score (nSPS) is 34.8. The molecular weight excluding hydrogens is 278 g/mol. The van der Waals surface area contributed by atoms with Crippen molar-refractivity contribution in [1.82, 2.24) is 5.32 Å². The third-order valence-corrected chi connectivity index (χ3v) is 5.72. The van der Waals surface area contributed by atoms with Crippen LogP contribution >= 0.6 is 22.9 Å². The number of thiophene rings is 1. The minimum Gasteiger partial charge on any atom is -0.366 e. The standard InChI is InChI=1S/C15H22ClNOS/c1-9(2)12-7-13-11(6-14(16)19-13)15(18-12)4-5-17-10(3)8-15/h6,9-10,12,17H,4-5,7-8H2,1-3H3/t10-,12?,15?/m0/s1. The fourth-order valence-corrected chi connectivity index (χ4v) is 4.83. The summed E-state index contributed by atoms with van der Waals surface area (Å²) in [6.45, 7) is 7.78. The number of nitrogens with one attached hydrogen (secondary N) is 1. The molecule has 1 N–H and O–H groups in total. The van der Waals surface area contributed by atoms with Gasteiger partial charge in [-0.05, 0) is 43.9 Å². The smallest absolute Gasteiger partial charge is 0.0973 e. The van der Waals surface area contributed by atoms with E-state index >= 15 is 0 Å². The van der Waals surface area contributed by atoms with Crippen LogP contribution in [0.2, 0.25) is 4.34 Å². The lowest BCUT2D eigenvalue weighted by Crippen LogP contribution is -2.51. The number of rotatable bonds is 1. The molecule has 2 unspecified atom stereocenters. The average Bonchev–Trinajstić information content (AvgIpc) is 2.70. The van der Waals surface area contributed by atoms with Crippen LogP contribution in [-0.4, -0.2) is 18.7 Å². The molecule has 0 amide bonds. The van der Waals surface area contributed by atoms with E-state index in [1.54, 1.807) is 11.3 Å².